The summed E-state index contributed by atoms with van der Waals surface area (Å²) in [6, 6.07) is 4.41. The fourth-order valence-electron chi connectivity index (χ4n) is 4.27. The van der Waals surface area contributed by atoms with E-state index < -0.39 is 47.9 Å². The second-order valence-electron chi connectivity index (χ2n) is 10.8. The molecule has 39 heavy (non-hydrogen) atoms. The molecule has 0 saturated heterocycles. The third-order valence-corrected chi connectivity index (χ3v) is 6.01. The monoisotopic (exact) mass is 542 g/mol. The molecule has 1 aromatic rings. The average molecular weight is 543 g/mol. The molecule has 0 fully saturated rings. The van der Waals surface area contributed by atoms with Crippen LogP contribution in [0.15, 0.2) is 24.3 Å². The molecule has 4 N–H and O–H groups in total. The van der Waals surface area contributed by atoms with Gasteiger partial charge < -0.3 is 26.0 Å². The molecule has 216 valence electrons. The Morgan fingerprint density at radius 3 is 2.28 bits per heavy atom. The van der Waals surface area contributed by atoms with E-state index in [1.165, 1.54) is 4.90 Å². The van der Waals surface area contributed by atoms with Gasteiger partial charge in [0.2, 0.25) is 17.7 Å². The molecule has 9 nitrogen and oxygen atoms in total. The van der Waals surface area contributed by atoms with Crippen LogP contribution >= 0.6 is 0 Å². The molecule has 0 bridgehead atoms. The Bertz CT molecular complexity index is 1010. The Hall–Kier alpha value is -3.54. The number of benzene rings is 1. The van der Waals surface area contributed by atoms with E-state index in [4.69, 9.17) is 16.9 Å². The van der Waals surface area contributed by atoms with Gasteiger partial charge in [-0.3, -0.25) is 14.4 Å². The Balaban J connectivity index is 3.60. The number of carbonyl (C=O) groups is 4. The summed E-state index contributed by atoms with van der Waals surface area (Å²) >= 11 is 0. The van der Waals surface area contributed by atoms with Crippen molar-refractivity contribution in [1.82, 2.24) is 15.5 Å². The van der Waals surface area contributed by atoms with Crippen molar-refractivity contribution in [2.75, 3.05) is 6.54 Å². The van der Waals surface area contributed by atoms with Gasteiger partial charge >= 0.3 is 6.09 Å². The zero-order valence-electron chi connectivity index (χ0n) is 24.3. The third kappa shape index (κ3) is 11.8. The number of hydrogen-bond donors (Lipinski definition) is 3. The fraction of sp³-hybridized carbons (Fsp3) is 0.600. The van der Waals surface area contributed by atoms with Crippen molar-refractivity contribution in [3.8, 4) is 12.3 Å². The molecule has 0 saturated carbocycles. The zero-order valence-corrected chi connectivity index (χ0v) is 24.3. The standard InChI is InChI=1S/C30H46N4O5/c1-8-11-12-15-19-34(28(37)24(20-25(31)35)33-29(38)39-30(5,6)7)26(27(36)32-21(4)16-9-2)23-18-14-13-17-22(23)10-3/h3,13-14,17-18,21,24,26H,8-9,11-12,15-16,19-20H2,1-2,4-7H3,(H2,31,35)(H,32,36)(H,33,38). The van der Waals surface area contributed by atoms with Gasteiger partial charge in [0.25, 0.3) is 0 Å². The molecule has 1 rings (SSSR count). The summed E-state index contributed by atoms with van der Waals surface area (Å²) in [5.74, 6) is 0.826. The van der Waals surface area contributed by atoms with Crippen LogP contribution in [0.5, 0.6) is 0 Å². The Morgan fingerprint density at radius 2 is 1.72 bits per heavy atom. The van der Waals surface area contributed by atoms with Crippen molar-refractivity contribution in [2.45, 2.75) is 110 Å². The molecule has 4 amide bonds. The normalized spacial score (nSPS) is 13.4. The fourth-order valence-corrected chi connectivity index (χ4v) is 4.27. The van der Waals surface area contributed by atoms with Crippen LogP contribution in [0.4, 0.5) is 4.79 Å². The molecular formula is C30H46N4O5. The SMILES string of the molecule is C#Cc1ccccc1C(C(=O)NC(C)CCC)N(CCCCCC)C(=O)C(CC(N)=O)NC(=O)OC(C)(C)C. The van der Waals surface area contributed by atoms with Gasteiger partial charge in [0.05, 0.1) is 6.42 Å². The minimum Gasteiger partial charge on any atom is -0.444 e. The van der Waals surface area contributed by atoms with Crippen LogP contribution in [0.1, 0.15) is 104 Å². The molecule has 0 aliphatic rings. The molecular weight excluding hydrogens is 496 g/mol. The van der Waals surface area contributed by atoms with Crippen molar-refractivity contribution in [1.29, 1.82) is 0 Å². The third-order valence-electron chi connectivity index (χ3n) is 6.01. The van der Waals surface area contributed by atoms with E-state index in [2.05, 4.69) is 23.5 Å². The highest BCUT2D eigenvalue weighted by atomic mass is 16.6. The minimum atomic E-state index is -1.33. The second kappa shape index (κ2) is 16.4. The quantitative estimate of drug-likeness (QED) is 0.226. The lowest BCUT2D eigenvalue weighted by Crippen LogP contribution is -2.54. The van der Waals surface area contributed by atoms with E-state index in [-0.39, 0.29) is 12.6 Å². The van der Waals surface area contributed by atoms with E-state index in [9.17, 15) is 19.2 Å². The Kier molecular flexibility index (Phi) is 14.1. The predicted molar refractivity (Wildman–Crippen MR) is 152 cm³/mol. The van der Waals surface area contributed by atoms with Crippen LogP contribution < -0.4 is 16.4 Å². The number of nitrogens with two attached hydrogens (primary N) is 1. The van der Waals surface area contributed by atoms with Crippen LogP contribution in [0.25, 0.3) is 0 Å². The number of alkyl carbamates (subject to hydrolysis) is 1. The first-order valence-electron chi connectivity index (χ1n) is 13.8. The molecule has 3 atom stereocenters. The largest absolute Gasteiger partial charge is 0.444 e. The highest BCUT2D eigenvalue weighted by Crippen LogP contribution is 2.27. The number of nitrogens with zero attached hydrogens (tertiary/aromatic N) is 1. The number of carbonyl (C=O) groups excluding carboxylic acids is 4. The van der Waals surface area contributed by atoms with E-state index in [0.29, 0.717) is 17.5 Å². The van der Waals surface area contributed by atoms with Gasteiger partial charge in [-0.05, 0) is 52.2 Å². The highest BCUT2D eigenvalue weighted by molar-refractivity contribution is 5.94. The first-order chi connectivity index (χ1) is 18.3. The maximum Gasteiger partial charge on any atom is 0.408 e. The summed E-state index contributed by atoms with van der Waals surface area (Å²) in [4.78, 5) is 53.9. The number of hydrogen-bond acceptors (Lipinski definition) is 5. The smallest absolute Gasteiger partial charge is 0.408 e. The number of amides is 4. The number of nitrogens with one attached hydrogen (secondary N) is 2. The lowest BCUT2D eigenvalue weighted by Gasteiger charge is -2.35. The van der Waals surface area contributed by atoms with Crippen molar-refractivity contribution >= 4 is 23.8 Å². The van der Waals surface area contributed by atoms with Crippen LogP contribution in [0.3, 0.4) is 0 Å². The highest BCUT2D eigenvalue weighted by Gasteiger charge is 2.37. The minimum absolute atomic E-state index is 0.138. The predicted octanol–water partition coefficient (Wildman–Crippen LogP) is 4.19. The lowest BCUT2D eigenvalue weighted by atomic mass is 9.96. The number of unbranched alkanes of at least 4 members (excludes halogenated alkanes) is 3. The van der Waals surface area contributed by atoms with Gasteiger partial charge in [-0.15, -0.1) is 6.42 Å². The Morgan fingerprint density at radius 1 is 1.05 bits per heavy atom. The molecule has 0 aliphatic carbocycles. The van der Waals surface area contributed by atoms with E-state index in [1.54, 1.807) is 45.0 Å². The maximum absolute atomic E-state index is 14.1. The van der Waals surface area contributed by atoms with E-state index in [0.717, 1.165) is 32.1 Å². The molecule has 0 aromatic heterocycles. The Labute approximate surface area is 233 Å². The maximum atomic E-state index is 14.1. The number of ether oxygens (including phenoxy) is 1. The second-order valence-corrected chi connectivity index (χ2v) is 10.8. The van der Waals surface area contributed by atoms with Crippen molar-refractivity contribution < 1.29 is 23.9 Å². The number of terminal acetylenes is 1. The molecule has 0 aliphatic heterocycles. The van der Waals surface area contributed by atoms with Gasteiger partial charge in [-0.2, -0.15) is 0 Å². The van der Waals surface area contributed by atoms with Crippen molar-refractivity contribution in [3.63, 3.8) is 0 Å². The van der Waals surface area contributed by atoms with Gasteiger partial charge in [0.1, 0.15) is 17.7 Å². The molecule has 1 aromatic carbocycles. The molecule has 9 heteroatoms. The first kappa shape index (κ1) is 33.5. The topological polar surface area (TPSA) is 131 Å². The van der Waals surface area contributed by atoms with Gasteiger partial charge in [0.15, 0.2) is 0 Å². The number of rotatable bonds is 15. The first-order valence-corrected chi connectivity index (χ1v) is 13.8. The summed E-state index contributed by atoms with van der Waals surface area (Å²) in [6.07, 6.45) is 9.46. The molecule has 0 spiro atoms. The van der Waals surface area contributed by atoms with Crippen molar-refractivity contribution in [3.05, 3.63) is 35.4 Å². The van der Waals surface area contributed by atoms with E-state index >= 15 is 0 Å². The van der Waals surface area contributed by atoms with Crippen molar-refractivity contribution in [2.24, 2.45) is 5.73 Å². The van der Waals surface area contributed by atoms with Crippen LogP contribution in [0.2, 0.25) is 0 Å². The summed E-state index contributed by atoms with van der Waals surface area (Å²) in [6.45, 7) is 11.3. The van der Waals surface area contributed by atoms with Crippen LogP contribution in [0, 0.1) is 12.3 Å². The lowest BCUT2D eigenvalue weighted by molar-refractivity contribution is -0.143. The zero-order chi connectivity index (χ0) is 29.6. The average Bonchev–Trinajstić information content (AvgIpc) is 2.83. The van der Waals surface area contributed by atoms with E-state index in [1.807, 2.05) is 13.8 Å². The summed E-state index contributed by atoms with van der Waals surface area (Å²) in [5, 5.41) is 5.51. The molecule has 0 radical (unpaired) electrons. The van der Waals surface area contributed by atoms with Gasteiger partial charge in [-0.25, -0.2) is 4.79 Å². The van der Waals surface area contributed by atoms with Gasteiger partial charge in [0, 0.05) is 18.2 Å². The van der Waals surface area contributed by atoms with Crippen LogP contribution in [-0.4, -0.2) is 52.9 Å². The summed E-state index contributed by atoms with van der Waals surface area (Å²) in [5.41, 5.74) is 5.59. The number of primary amides is 1. The summed E-state index contributed by atoms with van der Waals surface area (Å²) < 4.78 is 5.32. The van der Waals surface area contributed by atoms with Crippen LogP contribution in [-0.2, 0) is 19.1 Å². The van der Waals surface area contributed by atoms with Gasteiger partial charge in [-0.1, -0.05) is 63.7 Å². The molecule has 3 unspecified atom stereocenters. The summed E-state index contributed by atoms with van der Waals surface area (Å²) in [7, 11) is 0. The molecule has 0 heterocycles.